The summed E-state index contributed by atoms with van der Waals surface area (Å²) in [6.07, 6.45) is 8.82. The molecule has 2 N–H and O–H groups in total. The Labute approximate surface area is 241 Å². The van der Waals surface area contributed by atoms with Gasteiger partial charge in [-0.1, -0.05) is 52.3 Å². The highest BCUT2D eigenvalue weighted by Crippen LogP contribution is 2.72. The standard InChI is InChI=1S/C34H54O6/c1-10-38-29-20(18-22(40-29)28(37)31(5,6)39-11-2)21-12-13-23-32(21,7)16-14-24-33(8)17-15-26(35)30(3,4)25(33)19-27(36)34(23,24)9/h13,15,17,20-22,24-25,27-29,36-37H,10-12,14,16,18-19H2,1-9H3. The number of carbonyl (C=O) groups excluding carboxylic acids is 1. The number of ether oxygens (including phenoxy) is 3. The highest BCUT2D eigenvalue weighted by molar-refractivity contribution is 5.95. The van der Waals surface area contributed by atoms with Crippen LogP contribution < -0.4 is 0 Å². The second kappa shape index (κ2) is 10.0. The summed E-state index contributed by atoms with van der Waals surface area (Å²) in [5.41, 5.74) is -0.375. The van der Waals surface area contributed by atoms with Crippen LogP contribution in [0.15, 0.2) is 23.8 Å². The number of aliphatic hydroxyl groups is 2. The Hall–Kier alpha value is -1.05. The highest BCUT2D eigenvalue weighted by Gasteiger charge is 2.68. The predicted molar refractivity (Wildman–Crippen MR) is 155 cm³/mol. The lowest BCUT2D eigenvalue weighted by atomic mass is 9.38. The molecule has 4 aliphatic carbocycles. The van der Waals surface area contributed by atoms with Gasteiger partial charge in [0.1, 0.15) is 6.10 Å². The largest absolute Gasteiger partial charge is 0.392 e. The maximum absolute atomic E-state index is 12.9. The molecule has 11 unspecified atom stereocenters. The van der Waals surface area contributed by atoms with Gasteiger partial charge in [0.25, 0.3) is 0 Å². The van der Waals surface area contributed by atoms with Crippen LogP contribution in [0.2, 0.25) is 0 Å². The summed E-state index contributed by atoms with van der Waals surface area (Å²) >= 11 is 0. The Morgan fingerprint density at radius 1 is 1.10 bits per heavy atom. The van der Waals surface area contributed by atoms with E-state index in [4.69, 9.17) is 14.2 Å². The van der Waals surface area contributed by atoms with Crippen molar-refractivity contribution in [1.82, 2.24) is 0 Å². The van der Waals surface area contributed by atoms with E-state index >= 15 is 0 Å². The third-order valence-electron chi connectivity index (χ3n) is 12.6. The molecule has 40 heavy (non-hydrogen) atoms. The molecule has 6 heteroatoms. The minimum Gasteiger partial charge on any atom is -0.392 e. The molecule has 1 saturated heterocycles. The molecular formula is C34H54O6. The molecule has 226 valence electrons. The SMILES string of the molecule is CCOC1OC(C(O)C(C)(C)OCC)CC1C1CC=C2C1(C)CCC1C3(C)C=CC(=O)C(C)(C)C3CC(O)C21C. The number of hydrogen-bond acceptors (Lipinski definition) is 6. The summed E-state index contributed by atoms with van der Waals surface area (Å²) < 4.78 is 18.5. The van der Waals surface area contributed by atoms with Crippen LogP contribution in [0.3, 0.4) is 0 Å². The van der Waals surface area contributed by atoms with E-state index in [1.165, 1.54) is 5.57 Å². The van der Waals surface area contributed by atoms with Crippen LogP contribution in [0.25, 0.3) is 0 Å². The minimum atomic E-state index is -0.753. The van der Waals surface area contributed by atoms with Crippen LogP contribution in [-0.4, -0.2) is 59.4 Å². The third-order valence-corrected chi connectivity index (χ3v) is 12.6. The molecule has 0 amide bonds. The first-order chi connectivity index (χ1) is 18.6. The molecule has 5 aliphatic rings. The summed E-state index contributed by atoms with van der Waals surface area (Å²) in [6, 6.07) is 0. The zero-order valence-corrected chi connectivity index (χ0v) is 26.3. The first kappa shape index (κ1) is 30.4. The Balaban J connectivity index is 1.45. The van der Waals surface area contributed by atoms with Crippen molar-refractivity contribution in [2.24, 2.45) is 45.3 Å². The molecule has 1 aliphatic heterocycles. The average Bonchev–Trinajstić information content (AvgIpc) is 3.44. The molecule has 0 aromatic heterocycles. The fourth-order valence-electron chi connectivity index (χ4n) is 10.4. The van der Waals surface area contributed by atoms with Crippen LogP contribution in [0, 0.1) is 45.3 Å². The van der Waals surface area contributed by atoms with E-state index in [0.717, 1.165) is 25.7 Å². The van der Waals surface area contributed by atoms with Gasteiger partial charge in [-0.2, -0.15) is 0 Å². The van der Waals surface area contributed by atoms with Gasteiger partial charge in [-0.05, 0) is 94.5 Å². The maximum atomic E-state index is 12.9. The van der Waals surface area contributed by atoms with Crippen molar-refractivity contribution in [1.29, 1.82) is 0 Å². The van der Waals surface area contributed by atoms with Gasteiger partial charge in [-0.15, -0.1) is 0 Å². The topological polar surface area (TPSA) is 85.2 Å². The lowest BCUT2D eigenvalue weighted by Crippen LogP contribution is -2.63. The molecule has 1 heterocycles. The molecule has 0 aromatic carbocycles. The van der Waals surface area contributed by atoms with Crippen LogP contribution in [-0.2, 0) is 19.0 Å². The van der Waals surface area contributed by atoms with E-state index in [1.807, 2.05) is 33.8 Å². The van der Waals surface area contributed by atoms with Crippen LogP contribution in [0.1, 0.15) is 94.4 Å². The number of ketones is 1. The van der Waals surface area contributed by atoms with Gasteiger partial charge in [0.15, 0.2) is 12.1 Å². The molecular weight excluding hydrogens is 504 g/mol. The van der Waals surface area contributed by atoms with Gasteiger partial charge in [-0.3, -0.25) is 4.79 Å². The lowest BCUT2D eigenvalue weighted by molar-refractivity contribution is -0.200. The first-order valence-electron chi connectivity index (χ1n) is 15.8. The fourth-order valence-corrected chi connectivity index (χ4v) is 10.4. The Kier molecular flexibility index (Phi) is 7.61. The summed E-state index contributed by atoms with van der Waals surface area (Å²) in [5, 5.41) is 23.3. The van der Waals surface area contributed by atoms with Gasteiger partial charge in [0.05, 0.1) is 17.8 Å². The van der Waals surface area contributed by atoms with E-state index < -0.39 is 23.2 Å². The highest BCUT2D eigenvalue weighted by atomic mass is 16.7. The smallest absolute Gasteiger partial charge is 0.161 e. The fraction of sp³-hybridized carbons (Fsp3) is 0.853. The van der Waals surface area contributed by atoms with Crippen molar-refractivity contribution in [3.63, 3.8) is 0 Å². The number of aliphatic hydroxyl groups excluding tert-OH is 2. The Bertz CT molecular complexity index is 1060. The zero-order chi connectivity index (χ0) is 29.5. The molecule has 0 aromatic rings. The third kappa shape index (κ3) is 4.17. The predicted octanol–water partition coefficient (Wildman–Crippen LogP) is 5.85. The van der Waals surface area contributed by atoms with Crippen molar-refractivity contribution >= 4 is 5.78 Å². The monoisotopic (exact) mass is 558 g/mol. The van der Waals surface area contributed by atoms with E-state index in [2.05, 4.69) is 46.8 Å². The van der Waals surface area contributed by atoms with Crippen LogP contribution in [0.4, 0.5) is 0 Å². The molecule has 5 rings (SSSR count). The number of allylic oxidation sites excluding steroid dienone is 3. The molecule has 0 bridgehead atoms. The van der Waals surface area contributed by atoms with Gasteiger partial charge in [0.2, 0.25) is 0 Å². The Morgan fingerprint density at radius 2 is 1.80 bits per heavy atom. The van der Waals surface area contributed by atoms with Crippen molar-refractivity contribution in [3.8, 4) is 0 Å². The van der Waals surface area contributed by atoms with Crippen LogP contribution >= 0.6 is 0 Å². The average molecular weight is 559 g/mol. The van der Waals surface area contributed by atoms with Crippen molar-refractivity contribution in [2.45, 2.75) is 125 Å². The second-order valence-electron chi connectivity index (χ2n) is 15.2. The van der Waals surface area contributed by atoms with Crippen molar-refractivity contribution < 1.29 is 29.2 Å². The number of carbonyl (C=O) groups is 1. The van der Waals surface area contributed by atoms with Gasteiger partial charge in [0, 0.05) is 30.0 Å². The molecule has 2 saturated carbocycles. The quantitative estimate of drug-likeness (QED) is 0.381. The molecule has 6 nitrogen and oxygen atoms in total. The molecule has 0 spiro atoms. The maximum Gasteiger partial charge on any atom is 0.161 e. The zero-order valence-electron chi connectivity index (χ0n) is 26.3. The number of rotatable bonds is 7. The summed E-state index contributed by atoms with van der Waals surface area (Å²) in [7, 11) is 0. The first-order valence-corrected chi connectivity index (χ1v) is 15.8. The van der Waals surface area contributed by atoms with Crippen molar-refractivity contribution in [3.05, 3.63) is 23.8 Å². The summed E-state index contributed by atoms with van der Waals surface area (Å²) in [4.78, 5) is 12.9. The van der Waals surface area contributed by atoms with Gasteiger partial charge >= 0.3 is 0 Å². The van der Waals surface area contributed by atoms with Gasteiger partial charge < -0.3 is 24.4 Å². The van der Waals surface area contributed by atoms with E-state index in [0.29, 0.717) is 25.6 Å². The van der Waals surface area contributed by atoms with Crippen molar-refractivity contribution in [2.75, 3.05) is 13.2 Å². The van der Waals surface area contributed by atoms with E-state index in [9.17, 15) is 15.0 Å². The normalized spacial score (nSPS) is 46.9. The minimum absolute atomic E-state index is 0.0855. The van der Waals surface area contributed by atoms with E-state index in [1.54, 1.807) is 0 Å². The molecule has 3 fully saturated rings. The second-order valence-corrected chi connectivity index (χ2v) is 15.2. The summed E-state index contributed by atoms with van der Waals surface area (Å²) in [5.74, 6) is 1.01. The van der Waals surface area contributed by atoms with Gasteiger partial charge in [-0.25, -0.2) is 0 Å². The van der Waals surface area contributed by atoms with E-state index in [-0.39, 0.29) is 52.2 Å². The molecule has 11 atom stereocenters. The molecule has 0 radical (unpaired) electrons. The number of hydrogen-bond donors (Lipinski definition) is 2. The lowest BCUT2D eigenvalue weighted by Gasteiger charge is -2.66. The number of fused-ring (bicyclic) bond motifs is 5. The van der Waals surface area contributed by atoms with Crippen LogP contribution in [0.5, 0.6) is 0 Å². The Morgan fingerprint density at radius 3 is 2.45 bits per heavy atom. The summed E-state index contributed by atoms with van der Waals surface area (Å²) in [6.45, 7) is 20.1.